The van der Waals surface area contributed by atoms with Crippen LogP contribution in [0.15, 0.2) is 30.6 Å². The number of benzene rings is 1. The SMILES string of the molecule is CC1(C)CC(C(N)=O)C(C)(C)N1C(=O)c1cc(-c2ccc(Cl)c(Cl)c2)ncn1. The van der Waals surface area contributed by atoms with Crippen molar-refractivity contribution < 1.29 is 9.59 Å². The summed E-state index contributed by atoms with van der Waals surface area (Å²) < 4.78 is 0. The number of carbonyl (C=O) groups is 2. The minimum atomic E-state index is -0.735. The fraction of sp³-hybridized carbons (Fsp3) is 0.400. The molecule has 0 bridgehead atoms. The topological polar surface area (TPSA) is 89.2 Å². The Hall–Kier alpha value is -2.18. The molecule has 2 N–H and O–H groups in total. The average Bonchev–Trinajstić information content (AvgIpc) is 2.81. The minimum Gasteiger partial charge on any atom is -0.369 e. The number of nitrogens with two attached hydrogens (primary N) is 1. The number of amides is 2. The molecule has 148 valence electrons. The molecular formula is C20H22Cl2N4O2. The molecule has 0 aliphatic carbocycles. The number of hydrogen-bond donors (Lipinski definition) is 1. The van der Waals surface area contributed by atoms with E-state index in [-0.39, 0.29) is 11.6 Å². The molecule has 1 aromatic carbocycles. The summed E-state index contributed by atoms with van der Waals surface area (Å²) in [7, 11) is 0. The fourth-order valence-corrected chi connectivity index (χ4v) is 4.46. The van der Waals surface area contributed by atoms with Gasteiger partial charge in [0.05, 0.1) is 21.7 Å². The number of nitrogens with zero attached hydrogens (tertiary/aromatic N) is 3. The molecule has 1 fully saturated rings. The van der Waals surface area contributed by atoms with Crippen molar-refractivity contribution in [3.05, 3.63) is 46.3 Å². The van der Waals surface area contributed by atoms with E-state index in [0.717, 1.165) is 5.56 Å². The second kappa shape index (κ2) is 7.01. The van der Waals surface area contributed by atoms with Crippen LogP contribution in [0.4, 0.5) is 0 Å². The molecule has 0 radical (unpaired) electrons. The minimum absolute atomic E-state index is 0.238. The maximum Gasteiger partial charge on any atom is 0.273 e. The molecular weight excluding hydrogens is 399 g/mol. The first kappa shape index (κ1) is 20.6. The van der Waals surface area contributed by atoms with Crippen LogP contribution in [-0.2, 0) is 4.79 Å². The molecule has 1 aromatic heterocycles. The number of aromatic nitrogens is 2. The third kappa shape index (κ3) is 3.47. The van der Waals surface area contributed by atoms with Gasteiger partial charge in [0.25, 0.3) is 5.91 Å². The van der Waals surface area contributed by atoms with Crippen molar-refractivity contribution >= 4 is 35.0 Å². The molecule has 1 aliphatic heterocycles. The summed E-state index contributed by atoms with van der Waals surface area (Å²) in [6.07, 6.45) is 1.83. The summed E-state index contributed by atoms with van der Waals surface area (Å²) in [6.45, 7) is 7.57. The van der Waals surface area contributed by atoms with Gasteiger partial charge in [0.2, 0.25) is 5.91 Å². The van der Waals surface area contributed by atoms with Gasteiger partial charge in [-0.3, -0.25) is 9.59 Å². The summed E-state index contributed by atoms with van der Waals surface area (Å²) in [4.78, 5) is 35.5. The van der Waals surface area contributed by atoms with E-state index in [0.29, 0.717) is 22.2 Å². The first-order chi connectivity index (χ1) is 12.9. The summed E-state index contributed by atoms with van der Waals surface area (Å²) in [5.74, 6) is -1.13. The Balaban J connectivity index is 2.01. The lowest BCUT2D eigenvalue weighted by Gasteiger charge is -2.41. The third-order valence-electron chi connectivity index (χ3n) is 5.39. The standard InChI is InChI=1S/C20H22Cl2N4O2/c1-19(2)9-12(17(23)27)20(3,4)26(19)18(28)16-8-15(24-10-25-16)11-5-6-13(21)14(22)7-11/h5-8,10,12H,9H2,1-4H3,(H2,23,27). The van der Waals surface area contributed by atoms with Crippen LogP contribution in [-0.4, -0.2) is 37.8 Å². The van der Waals surface area contributed by atoms with Gasteiger partial charge in [-0.2, -0.15) is 0 Å². The van der Waals surface area contributed by atoms with E-state index in [1.165, 1.54) is 6.33 Å². The lowest BCUT2D eigenvalue weighted by Crippen LogP contribution is -2.54. The largest absolute Gasteiger partial charge is 0.369 e. The third-order valence-corrected chi connectivity index (χ3v) is 6.13. The molecule has 28 heavy (non-hydrogen) atoms. The van der Waals surface area contributed by atoms with Gasteiger partial charge in [-0.1, -0.05) is 29.3 Å². The van der Waals surface area contributed by atoms with Gasteiger partial charge in [0, 0.05) is 16.6 Å². The number of hydrogen-bond acceptors (Lipinski definition) is 4. The molecule has 2 amide bonds. The van der Waals surface area contributed by atoms with Crippen molar-refractivity contribution in [1.29, 1.82) is 0 Å². The smallest absolute Gasteiger partial charge is 0.273 e. The van der Waals surface area contributed by atoms with Gasteiger partial charge in [0.15, 0.2) is 0 Å². The van der Waals surface area contributed by atoms with Crippen LogP contribution in [0.2, 0.25) is 10.0 Å². The van der Waals surface area contributed by atoms with Gasteiger partial charge in [0.1, 0.15) is 12.0 Å². The van der Waals surface area contributed by atoms with E-state index in [4.69, 9.17) is 28.9 Å². The Morgan fingerprint density at radius 1 is 1.11 bits per heavy atom. The summed E-state index contributed by atoms with van der Waals surface area (Å²) >= 11 is 12.1. The zero-order valence-electron chi connectivity index (χ0n) is 16.2. The van der Waals surface area contributed by atoms with E-state index < -0.39 is 22.9 Å². The van der Waals surface area contributed by atoms with Crippen LogP contribution in [0, 0.1) is 5.92 Å². The van der Waals surface area contributed by atoms with Crippen LogP contribution >= 0.6 is 23.2 Å². The van der Waals surface area contributed by atoms with Crippen molar-refractivity contribution in [3.8, 4) is 11.3 Å². The van der Waals surface area contributed by atoms with Crippen molar-refractivity contribution in [2.45, 2.75) is 45.2 Å². The first-order valence-electron chi connectivity index (χ1n) is 8.86. The van der Waals surface area contributed by atoms with Crippen LogP contribution in [0.5, 0.6) is 0 Å². The van der Waals surface area contributed by atoms with E-state index in [2.05, 4.69) is 9.97 Å². The number of primary amides is 1. The van der Waals surface area contributed by atoms with Gasteiger partial charge in [-0.25, -0.2) is 9.97 Å². The van der Waals surface area contributed by atoms with Crippen molar-refractivity contribution in [3.63, 3.8) is 0 Å². The van der Waals surface area contributed by atoms with Gasteiger partial charge >= 0.3 is 0 Å². The lowest BCUT2D eigenvalue weighted by atomic mass is 9.86. The highest BCUT2D eigenvalue weighted by Crippen LogP contribution is 2.45. The second-order valence-corrected chi connectivity index (χ2v) is 9.00. The predicted octanol–water partition coefficient (Wildman–Crippen LogP) is 3.96. The highest BCUT2D eigenvalue weighted by atomic mass is 35.5. The van der Waals surface area contributed by atoms with Gasteiger partial charge < -0.3 is 10.6 Å². The fourth-order valence-electron chi connectivity index (χ4n) is 4.16. The van der Waals surface area contributed by atoms with Crippen LogP contribution in [0.1, 0.15) is 44.6 Å². The summed E-state index contributed by atoms with van der Waals surface area (Å²) in [6, 6.07) is 6.75. The Morgan fingerprint density at radius 3 is 2.36 bits per heavy atom. The Labute approximate surface area is 174 Å². The molecule has 1 unspecified atom stereocenters. The maximum absolute atomic E-state index is 13.4. The molecule has 1 saturated heterocycles. The van der Waals surface area contributed by atoms with Crippen LogP contribution < -0.4 is 5.73 Å². The highest BCUT2D eigenvalue weighted by molar-refractivity contribution is 6.42. The molecule has 1 atom stereocenters. The Bertz CT molecular complexity index is 959. The number of rotatable bonds is 3. The van der Waals surface area contributed by atoms with E-state index in [1.54, 1.807) is 29.2 Å². The monoisotopic (exact) mass is 420 g/mol. The molecule has 0 spiro atoms. The van der Waals surface area contributed by atoms with Crippen LogP contribution in [0.25, 0.3) is 11.3 Å². The molecule has 6 nitrogen and oxygen atoms in total. The zero-order chi connectivity index (χ0) is 20.9. The van der Waals surface area contributed by atoms with E-state index >= 15 is 0 Å². The van der Waals surface area contributed by atoms with Crippen molar-refractivity contribution in [2.75, 3.05) is 0 Å². The van der Waals surface area contributed by atoms with Gasteiger partial charge in [-0.05, 0) is 52.3 Å². The summed E-state index contributed by atoms with van der Waals surface area (Å²) in [5.41, 5.74) is 5.83. The number of halogens is 2. The highest BCUT2D eigenvalue weighted by Gasteiger charge is 2.55. The molecule has 8 heteroatoms. The van der Waals surface area contributed by atoms with Gasteiger partial charge in [-0.15, -0.1) is 0 Å². The predicted molar refractivity (Wildman–Crippen MR) is 109 cm³/mol. The first-order valence-corrected chi connectivity index (χ1v) is 9.62. The van der Waals surface area contributed by atoms with E-state index in [9.17, 15) is 9.59 Å². The quantitative estimate of drug-likeness (QED) is 0.813. The summed E-state index contributed by atoms with van der Waals surface area (Å²) in [5, 5.41) is 0.839. The Kier molecular flexibility index (Phi) is 5.15. The lowest BCUT2D eigenvalue weighted by molar-refractivity contribution is -0.123. The van der Waals surface area contributed by atoms with Crippen molar-refractivity contribution in [2.24, 2.45) is 11.7 Å². The van der Waals surface area contributed by atoms with E-state index in [1.807, 2.05) is 27.7 Å². The normalized spacial score (nSPS) is 20.2. The molecule has 3 rings (SSSR count). The number of likely N-dealkylation sites (tertiary alicyclic amines) is 1. The molecule has 0 saturated carbocycles. The average molecular weight is 421 g/mol. The molecule has 1 aliphatic rings. The molecule has 2 aromatic rings. The second-order valence-electron chi connectivity index (χ2n) is 8.18. The maximum atomic E-state index is 13.4. The van der Waals surface area contributed by atoms with Crippen molar-refractivity contribution in [1.82, 2.24) is 14.9 Å². The zero-order valence-corrected chi connectivity index (χ0v) is 17.7. The molecule has 2 heterocycles. The number of carbonyl (C=O) groups excluding carboxylic acids is 2. The van der Waals surface area contributed by atoms with Crippen LogP contribution in [0.3, 0.4) is 0 Å². The Morgan fingerprint density at radius 2 is 1.79 bits per heavy atom.